The smallest absolute Gasteiger partial charge is 0.178 e. The van der Waals surface area contributed by atoms with Crippen molar-refractivity contribution in [1.82, 2.24) is 9.97 Å². The number of carbonyl (C=O) groups excluding carboxylic acids is 1. The Balaban J connectivity index is 2.65. The van der Waals surface area contributed by atoms with Crippen LogP contribution in [-0.4, -0.2) is 15.8 Å². The van der Waals surface area contributed by atoms with Gasteiger partial charge in [0, 0.05) is 24.9 Å². The van der Waals surface area contributed by atoms with E-state index in [4.69, 9.17) is 0 Å². The van der Waals surface area contributed by atoms with Gasteiger partial charge in [-0.15, -0.1) is 0 Å². The van der Waals surface area contributed by atoms with E-state index in [0.717, 1.165) is 0 Å². The van der Waals surface area contributed by atoms with Gasteiger partial charge in [0.2, 0.25) is 0 Å². The molecule has 0 atom stereocenters. The van der Waals surface area contributed by atoms with Crippen molar-refractivity contribution in [2.75, 3.05) is 0 Å². The Kier molecular flexibility index (Phi) is 2.72. The fourth-order valence-corrected chi connectivity index (χ4v) is 1.46. The molecule has 0 saturated heterocycles. The first-order chi connectivity index (χ1) is 7.70. The summed E-state index contributed by atoms with van der Waals surface area (Å²) in [7, 11) is 0. The highest BCUT2D eigenvalue weighted by Gasteiger charge is 2.14. The van der Waals surface area contributed by atoms with Crippen LogP contribution in [0, 0.1) is 5.82 Å². The van der Waals surface area contributed by atoms with E-state index < -0.39 is 5.82 Å². The molecule has 0 saturated carbocycles. The van der Waals surface area contributed by atoms with Crippen LogP contribution in [0.15, 0.2) is 36.7 Å². The molecule has 0 aliphatic carbocycles. The highest BCUT2D eigenvalue weighted by Crippen LogP contribution is 2.22. The summed E-state index contributed by atoms with van der Waals surface area (Å²) in [5, 5.41) is 0. The molecule has 0 radical (unpaired) electrons. The normalized spacial score (nSPS) is 10.1. The minimum Gasteiger partial charge on any atom is -0.293 e. The van der Waals surface area contributed by atoms with Gasteiger partial charge in [-0.3, -0.25) is 14.8 Å². The highest BCUT2D eigenvalue weighted by molar-refractivity contribution is 5.98. The van der Waals surface area contributed by atoms with Crippen molar-refractivity contribution >= 4 is 5.78 Å². The molecule has 0 aliphatic heterocycles. The third kappa shape index (κ3) is 1.82. The first-order valence-electron chi connectivity index (χ1n) is 4.77. The first-order valence-corrected chi connectivity index (χ1v) is 4.77. The molecule has 0 N–H and O–H groups in total. The van der Waals surface area contributed by atoms with E-state index in [-0.39, 0.29) is 17.2 Å². The fraction of sp³-hybridized carbons (Fsp3) is 0.0833. The number of hydrogen-bond donors (Lipinski definition) is 0. The lowest BCUT2D eigenvalue weighted by molar-refractivity contribution is 0.101. The summed E-state index contributed by atoms with van der Waals surface area (Å²) < 4.78 is 13.5. The molecule has 2 aromatic rings. The lowest BCUT2D eigenvalue weighted by Crippen LogP contribution is -2.01. The standard InChI is InChI=1S/C12H9FN2O/c1-8(16)11-9(4-2-6-14-11)12-10(13)5-3-7-15-12/h2-7H,1H3. The third-order valence-electron chi connectivity index (χ3n) is 2.15. The SMILES string of the molecule is CC(=O)c1ncccc1-c1ncccc1F. The van der Waals surface area contributed by atoms with Crippen molar-refractivity contribution in [2.45, 2.75) is 6.92 Å². The van der Waals surface area contributed by atoms with Crippen LogP contribution >= 0.6 is 0 Å². The number of nitrogens with zero attached hydrogens (tertiary/aromatic N) is 2. The Morgan fingerprint density at radius 2 is 1.88 bits per heavy atom. The molecular weight excluding hydrogens is 207 g/mol. The quantitative estimate of drug-likeness (QED) is 0.724. The third-order valence-corrected chi connectivity index (χ3v) is 2.15. The number of rotatable bonds is 2. The number of carbonyl (C=O) groups is 1. The average molecular weight is 216 g/mol. The molecule has 4 heteroatoms. The van der Waals surface area contributed by atoms with Crippen molar-refractivity contribution < 1.29 is 9.18 Å². The van der Waals surface area contributed by atoms with E-state index in [1.165, 1.54) is 31.5 Å². The van der Waals surface area contributed by atoms with Gasteiger partial charge in [-0.25, -0.2) is 4.39 Å². The predicted molar refractivity (Wildman–Crippen MR) is 57.4 cm³/mol. The molecule has 0 amide bonds. The Morgan fingerprint density at radius 1 is 1.19 bits per heavy atom. The molecular formula is C12H9FN2O. The Labute approximate surface area is 92.0 Å². The lowest BCUT2D eigenvalue weighted by Gasteiger charge is -2.05. The molecule has 0 unspecified atom stereocenters. The predicted octanol–water partition coefficient (Wildman–Crippen LogP) is 2.49. The second-order valence-electron chi connectivity index (χ2n) is 3.29. The van der Waals surface area contributed by atoms with E-state index in [1.807, 2.05) is 0 Å². The lowest BCUT2D eigenvalue weighted by atomic mass is 10.1. The number of pyridine rings is 2. The molecule has 0 fully saturated rings. The first kappa shape index (κ1) is 10.4. The number of hydrogen-bond acceptors (Lipinski definition) is 3. The zero-order valence-corrected chi connectivity index (χ0v) is 8.64. The van der Waals surface area contributed by atoms with E-state index in [2.05, 4.69) is 9.97 Å². The van der Waals surface area contributed by atoms with Crippen molar-refractivity contribution in [3.8, 4) is 11.3 Å². The fourth-order valence-electron chi connectivity index (χ4n) is 1.46. The summed E-state index contributed by atoms with van der Waals surface area (Å²) >= 11 is 0. The largest absolute Gasteiger partial charge is 0.293 e. The molecule has 3 nitrogen and oxygen atoms in total. The maximum Gasteiger partial charge on any atom is 0.178 e. The molecule has 0 aliphatic rings. The van der Waals surface area contributed by atoms with Crippen LogP contribution < -0.4 is 0 Å². The minimum absolute atomic E-state index is 0.154. The highest BCUT2D eigenvalue weighted by atomic mass is 19.1. The van der Waals surface area contributed by atoms with Gasteiger partial charge in [-0.05, 0) is 24.3 Å². The molecule has 2 heterocycles. The zero-order valence-electron chi connectivity index (χ0n) is 8.64. The van der Waals surface area contributed by atoms with Gasteiger partial charge >= 0.3 is 0 Å². The van der Waals surface area contributed by atoms with Gasteiger partial charge in [0.05, 0.1) is 0 Å². The van der Waals surface area contributed by atoms with Gasteiger partial charge in [0.15, 0.2) is 5.78 Å². The number of Topliss-reactive ketones (excluding diaryl/α,β-unsaturated/α-hetero) is 1. The van der Waals surface area contributed by atoms with Crippen LogP contribution in [0.25, 0.3) is 11.3 Å². The maximum absolute atomic E-state index is 13.5. The van der Waals surface area contributed by atoms with E-state index >= 15 is 0 Å². The summed E-state index contributed by atoms with van der Waals surface area (Å²) in [6.07, 6.45) is 2.98. The zero-order chi connectivity index (χ0) is 11.5. The van der Waals surface area contributed by atoms with Gasteiger partial charge < -0.3 is 0 Å². The van der Waals surface area contributed by atoms with Gasteiger partial charge in [0.1, 0.15) is 17.2 Å². The van der Waals surface area contributed by atoms with E-state index in [9.17, 15) is 9.18 Å². The maximum atomic E-state index is 13.5. The second-order valence-corrected chi connectivity index (χ2v) is 3.29. The summed E-state index contributed by atoms with van der Waals surface area (Å²) in [5.41, 5.74) is 0.814. The topological polar surface area (TPSA) is 42.9 Å². The Bertz CT molecular complexity index is 540. The summed E-state index contributed by atoms with van der Waals surface area (Å²) in [6, 6.07) is 6.09. The van der Waals surface area contributed by atoms with Crippen LogP contribution in [0.1, 0.15) is 17.4 Å². The van der Waals surface area contributed by atoms with Gasteiger partial charge in [-0.2, -0.15) is 0 Å². The van der Waals surface area contributed by atoms with Crippen molar-refractivity contribution in [1.29, 1.82) is 0 Å². The van der Waals surface area contributed by atoms with Crippen molar-refractivity contribution in [2.24, 2.45) is 0 Å². The van der Waals surface area contributed by atoms with Crippen LogP contribution in [0.4, 0.5) is 4.39 Å². The summed E-state index contributed by atoms with van der Waals surface area (Å²) in [6.45, 7) is 1.40. The molecule has 80 valence electrons. The van der Waals surface area contributed by atoms with Crippen LogP contribution in [0.5, 0.6) is 0 Å². The number of aromatic nitrogens is 2. The molecule has 0 aromatic carbocycles. The molecule has 0 spiro atoms. The van der Waals surface area contributed by atoms with Crippen LogP contribution in [-0.2, 0) is 0 Å². The van der Waals surface area contributed by atoms with Crippen LogP contribution in [0.3, 0.4) is 0 Å². The Hall–Kier alpha value is -2.10. The van der Waals surface area contributed by atoms with E-state index in [0.29, 0.717) is 5.56 Å². The minimum atomic E-state index is -0.460. The molecule has 0 bridgehead atoms. The molecule has 2 rings (SSSR count). The monoisotopic (exact) mass is 216 g/mol. The summed E-state index contributed by atoms with van der Waals surface area (Å²) in [4.78, 5) is 19.2. The van der Waals surface area contributed by atoms with Crippen molar-refractivity contribution in [3.05, 3.63) is 48.2 Å². The van der Waals surface area contributed by atoms with Crippen LogP contribution in [0.2, 0.25) is 0 Å². The summed E-state index contributed by atoms with van der Waals surface area (Å²) in [5.74, 6) is -0.668. The van der Waals surface area contributed by atoms with E-state index in [1.54, 1.807) is 12.1 Å². The Morgan fingerprint density at radius 3 is 2.56 bits per heavy atom. The average Bonchev–Trinajstić information content (AvgIpc) is 2.29. The molecule has 2 aromatic heterocycles. The van der Waals surface area contributed by atoms with Gasteiger partial charge in [0.25, 0.3) is 0 Å². The second kappa shape index (κ2) is 4.18. The van der Waals surface area contributed by atoms with Crippen molar-refractivity contribution in [3.63, 3.8) is 0 Å². The van der Waals surface area contributed by atoms with Gasteiger partial charge in [-0.1, -0.05) is 0 Å². The number of halogens is 1. The number of ketones is 1. The molecule has 16 heavy (non-hydrogen) atoms.